The van der Waals surface area contributed by atoms with Crippen molar-refractivity contribution in [2.75, 3.05) is 5.84 Å². The molecule has 0 bridgehead atoms. The van der Waals surface area contributed by atoms with Crippen molar-refractivity contribution in [2.45, 2.75) is 16.2 Å². The van der Waals surface area contributed by atoms with Gasteiger partial charge in [0.15, 0.2) is 0 Å². The number of alkyl halides is 3. The van der Waals surface area contributed by atoms with Crippen LogP contribution < -0.4 is 11.4 Å². The highest BCUT2D eigenvalue weighted by Crippen LogP contribution is 2.32. The summed E-state index contributed by atoms with van der Waals surface area (Å²) in [7, 11) is 1.38. The Kier molecular flexibility index (Phi) is 3.65. The molecule has 0 aromatic carbocycles. The molecule has 12 heteroatoms. The maximum absolute atomic E-state index is 12.5. The quantitative estimate of drug-likeness (QED) is 0.825. The molecular formula is C8H6ClF3N6OS. The molecule has 0 saturated heterocycles. The Balaban J connectivity index is 2.40. The molecule has 2 aromatic heterocycles. The van der Waals surface area contributed by atoms with Crippen LogP contribution in [0, 0.1) is 0 Å². The first-order valence-electron chi connectivity index (χ1n) is 4.89. The average molecular weight is 327 g/mol. The van der Waals surface area contributed by atoms with Gasteiger partial charge in [0.25, 0.3) is 11.4 Å². The van der Waals surface area contributed by atoms with Crippen LogP contribution in [0.5, 0.6) is 0 Å². The van der Waals surface area contributed by atoms with E-state index in [9.17, 15) is 18.0 Å². The fraction of sp³-hybridized carbons (Fsp3) is 0.250. The molecule has 0 amide bonds. The van der Waals surface area contributed by atoms with Crippen LogP contribution >= 0.6 is 23.4 Å². The van der Waals surface area contributed by atoms with Gasteiger partial charge in [0.05, 0.1) is 11.1 Å². The van der Waals surface area contributed by atoms with Gasteiger partial charge in [0.1, 0.15) is 5.02 Å². The van der Waals surface area contributed by atoms with E-state index in [1.54, 1.807) is 0 Å². The van der Waals surface area contributed by atoms with Gasteiger partial charge in [-0.1, -0.05) is 11.6 Å². The van der Waals surface area contributed by atoms with Crippen molar-refractivity contribution in [3.05, 3.63) is 27.4 Å². The highest BCUT2D eigenvalue weighted by atomic mass is 35.5. The second-order valence-electron chi connectivity index (χ2n) is 3.53. The van der Waals surface area contributed by atoms with Crippen molar-refractivity contribution < 1.29 is 13.2 Å². The molecule has 0 spiro atoms. The van der Waals surface area contributed by atoms with Crippen molar-refractivity contribution in [2.24, 2.45) is 7.05 Å². The third kappa shape index (κ3) is 2.58. The fourth-order valence-corrected chi connectivity index (χ4v) is 2.23. The number of halogens is 4. The molecule has 0 atom stereocenters. The van der Waals surface area contributed by atoms with Gasteiger partial charge in [0, 0.05) is 7.05 Å². The zero-order valence-corrected chi connectivity index (χ0v) is 11.3. The van der Waals surface area contributed by atoms with E-state index >= 15 is 0 Å². The van der Waals surface area contributed by atoms with E-state index in [4.69, 9.17) is 17.4 Å². The minimum Gasteiger partial charge on any atom is -0.335 e. The third-order valence-electron chi connectivity index (χ3n) is 2.17. The monoisotopic (exact) mass is 326 g/mol. The Labute approximate surface area is 118 Å². The summed E-state index contributed by atoms with van der Waals surface area (Å²) in [5.74, 6) is 3.91. The number of rotatable bonds is 2. The first kappa shape index (κ1) is 14.7. The van der Waals surface area contributed by atoms with Crippen LogP contribution in [0.1, 0.15) is 5.82 Å². The van der Waals surface area contributed by atoms with Gasteiger partial charge in [-0.2, -0.15) is 18.3 Å². The Bertz CT molecular complexity index is 711. The normalized spacial score (nSPS) is 11.8. The van der Waals surface area contributed by atoms with E-state index in [0.29, 0.717) is 11.8 Å². The number of aryl methyl sites for hydroxylation is 1. The molecule has 0 aliphatic heterocycles. The van der Waals surface area contributed by atoms with Gasteiger partial charge in [-0.25, -0.2) is 9.36 Å². The molecule has 2 N–H and O–H groups in total. The Morgan fingerprint density at radius 3 is 2.60 bits per heavy atom. The fourth-order valence-electron chi connectivity index (χ4n) is 1.21. The Morgan fingerprint density at radius 2 is 2.05 bits per heavy atom. The zero-order valence-electron chi connectivity index (χ0n) is 9.72. The summed E-state index contributed by atoms with van der Waals surface area (Å²) >= 11 is 6.44. The van der Waals surface area contributed by atoms with E-state index in [-0.39, 0.29) is 19.8 Å². The van der Waals surface area contributed by atoms with E-state index < -0.39 is 17.6 Å². The van der Waals surface area contributed by atoms with Gasteiger partial charge >= 0.3 is 6.18 Å². The third-order valence-corrected chi connectivity index (χ3v) is 3.63. The summed E-state index contributed by atoms with van der Waals surface area (Å²) in [6.07, 6.45) is -3.51. The minimum absolute atomic E-state index is 0.127. The van der Waals surface area contributed by atoms with Gasteiger partial charge < -0.3 is 5.84 Å². The summed E-state index contributed by atoms with van der Waals surface area (Å²) in [5.41, 5.74) is -0.587. The molecule has 0 aliphatic carbocycles. The average Bonchev–Trinajstić information content (AvgIpc) is 2.71. The van der Waals surface area contributed by atoms with Gasteiger partial charge in [-0.05, 0) is 11.8 Å². The van der Waals surface area contributed by atoms with Crippen molar-refractivity contribution in [3.8, 4) is 0 Å². The summed E-state index contributed by atoms with van der Waals surface area (Å²) in [5, 5.41) is 9.49. The van der Waals surface area contributed by atoms with E-state index in [1.165, 1.54) is 13.2 Å². The smallest absolute Gasteiger partial charge is 0.335 e. The van der Waals surface area contributed by atoms with Gasteiger partial charge in [0.2, 0.25) is 5.16 Å². The van der Waals surface area contributed by atoms with Crippen molar-refractivity contribution in [1.29, 1.82) is 0 Å². The molecule has 0 unspecified atom stereocenters. The maximum atomic E-state index is 12.5. The van der Waals surface area contributed by atoms with Crippen molar-refractivity contribution in [3.63, 3.8) is 0 Å². The number of aromatic nitrogens is 5. The molecule has 0 radical (unpaired) electrons. The largest absolute Gasteiger partial charge is 0.453 e. The lowest BCUT2D eigenvalue weighted by molar-refractivity contribution is -0.146. The maximum Gasteiger partial charge on any atom is 0.453 e. The summed E-state index contributed by atoms with van der Waals surface area (Å²) < 4.78 is 38.7. The second-order valence-corrected chi connectivity index (χ2v) is 4.91. The van der Waals surface area contributed by atoms with Crippen LogP contribution in [-0.4, -0.2) is 24.7 Å². The topological polar surface area (TPSA) is 91.6 Å². The Morgan fingerprint density at radius 1 is 1.40 bits per heavy atom. The lowest BCUT2D eigenvalue weighted by Crippen LogP contribution is -2.22. The minimum atomic E-state index is -4.73. The summed E-state index contributed by atoms with van der Waals surface area (Å²) in [6, 6.07) is 0. The lowest BCUT2D eigenvalue weighted by Gasteiger charge is -2.06. The first-order chi connectivity index (χ1) is 9.21. The number of hydrogen-bond donors (Lipinski definition) is 1. The Hall–Kier alpha value is -1.75. The zero-order chi connectivity index (χ0) is 15.1. The highest BCUT2D eigenvalue weighted by molar-refractivity contribution is 7.99. The molecule has 2 rings (SSSR count). The highest BCUT2D eigenvalue weighted by Gasteiger charge is 2.38. The molecule has 2 aromatic rings. The molecule has 108 valence electrons. The SMILES string of the molecule is Cn1ncc(Sc2nnc(C(F)(F)F)n2N)c(Cl)c1=O. The molecule has 2 heterocycles. The molecule has 0 aliphatic rings. The predicted octanol–water partition coefficient (Wildman–Crippen LogP) is 0.909. The molecule has 0 saturated carbocycles. The predicted molar refractivity (Wildman–Crippen MR) is 63.8 cm³/mol. The van der Waals surface area contributed by atoms with Crippen LogP contribution in [0.3, 0.4) is 0 Å². The molecular weight excluding hydrogens is 321 g/mol. The van der Waals surface area contributed by atoms with E-state index in [1.807, 2.05) is 0 Å². The van der Waals surface area contributed by atoms with Crippen LogP contribution in [0.25, 0.3) is 0 Å². The summed E-state index contributed by atoms with van der Waals surface area (Å²) in [6.45, 7) is 0. The lowest BCUT2D eigenvalue weighted by atomic mass is 10.6. The first-order valence-corrected chi connectivity index (χ1v) is 6.08. The van der Waals surface area contributed by atoms with Crippen molar-refractivity contribution in [1.82, 2.24) is 24.7 Å². The second kappa shape index (κ2) is 4.98. The van der Waals surface area contributed by atoms with Crippen molar-refractivity contribution >= 4 is 23.4 Å². The standard InChI is InChI=1S/C8H6ClF3N6OS/c1-17-5(19)4(9)3(2-14-17)20-7-16-15-6(18(7)13)8(10,11)12/h2H,13H2,1H3. The number of hydrogen-bond acceptors (Lipinski definition) is 6. The van der Waals surface area contributed by atoms with E-state index in [2.05, 4.69) is 15.3 Å². The van der Waals surface area contributed by atoms with Crippen LogP contribution in [0.4, 0.5) is 13.2 Å². The number of nitrogens with two attached hydrogens (primary N) is 1. The van der Waals surface area contributed by atoms with Gasteiger partial charge in [-0.3, -0.25) is 4.79 Å². The van der Waals surface area contributed by atoms with Crippen LogP contribution in [0.15, 0.2) is 21.0 Å². The number of nitrogens with zero attached hydrogens (tertiary/aromatic N) is 5. The van der Waals surface area contributed by atoms with Crippen LogP contribution in [-0.2, 0) is 13.2 Å². The summed E-state index contributed by atoms with van der Waals surface area (Å²) in [4.78, 5) is 11.7. The van der Waals surface area contributed by atoms with Crippen LogP contribution in [0.2, 0.25) is 5.02 Å². The number of nitrogen functional groups attached to an aromatic ring is 1. The molecule has 0 fully saturated rings. The molecule has 7 nitrogen and oxygen atoms in total. The molecule has 20 heavy (non-hydrogen) atoms. The van der Waals surface area contributed by atoms with Gasteiger partial charge in [-0.15, -0.1) is 10.2 Å². The van der Waals surface area contributed by atoms with E-state index in [0.717, 1.165) is 4.68 Å².